The maximum absolute atomic E-state index is 11.7. The van der Waals surface area contributed by atoms with Gasteiger partial charge in [0.25, 0.3) is 0 Å². The molecular formula is C15H28N4O5. The molecule has 0 aromatic heterocycles. The first-order chi connectivity index (χ1) is 11.2. The molecule has 3 N–H and O–H groups in total. The average Bonchev–Trinajstić information content (AvgIpc) is 2.45. The molecule has 1 saturated heterocycles. The Morgan fingerprint density at radius 2 is 1.71 bits per heavy atom. The average molecular weight is 344 g/mol. The van der Waals surface area contributed by atoms with E-state index in [1.807, 2.05) is 25.8 Å². The van der Waals surface area contributed by atoms with E-state index in [-0.39, 0.29) is 19.4 Å². The first kappa shape index (κ1) is 20.2. The van der Waals surface area contributed by atoms with Crippen LogP contribution >= 0.6 is 0 Å². The molecule has 0 spiro atoms. The first-order valence-electron chi connectivity index (χ1n) is 8.06. The Morgan fingerprint density at radius 1 is 1.08 bits per heavy atom. The van der Waals surface area contributed by atoms with Gasteiger partial charge in [0, 0.05) is 39.1 Å². The Morgan fingerprint density at radius 3 is 2.25 bits per heavy atom. The number of rotatable bonds is 7. The smallest absolute Gasteiger partial charge is 0.422 e. The quantitative estimate of drug-likeness (QED) is 0.617. The number of nitrogens with one attached hydrogen (secondary N) is 1. The minimum atomic E-state index is -0.524. The number of nitrogens with zero attached hydrogens (tertiary/aromatic N) is 2. The van der Waals surface area contributed by atoms with Gasteiger partial charge in [0.1, 0.15) is 12.2 Å². The Bertz CT molecular complexity index is 442. The SMILES string of the molecule is CC(C)(C)OC(=O)NN1CCN(CCOC(=O)CCC(N)=O)CC1. The van der Waals surface area contributed by atoms with Gasteiger partial charge in [-0.15, -0.1) is 0 Å². The molecule has 2 amide bonds. The Labute approximate surface area is 142 Å². The number of hydrazine groups is 1. The second kappa shape index (κ2) is 9.43. The van der Waals surface area contributed by atoms with Crippen LogP contribution in [0.2, 0.25) is 0 Å². The van der Waals surface area contributed by atoms with E-state index in [1.165, 1.54) is 0 Å². The maximum atomic E-state index is 11.7. The van der Waals surface area contributed by atoms with Gasteiger partial charge in [0.15, 0.2) is 0 Å². The molecule has 0 aromatic carbocycles. The van der Waals surface area contributed by atoms with Gasteiger partial charge in [-0.1, -0.05) is 0 Å². The third-order valence-corrected chi connectivity index (χ3v) is 3.27. The summed E-state index contributed by atoms with van der Waals surface area (Å²) in [7, 11) is 0. The highest BCUT2D eigenvalue weighted by Gasteiger charge is 2.21. The molecule has 24 heavy (non-hydrogen) atoms. The van der Waals surface area contributed by atoms with E-state index in [9.17, 15) is 14.4 Å². The van der Waals surface area contributed by atoms with Crippen LogP contribution in [0.5, 0.6) is 0 Å². The minimum Gasteiger partial charge on any atom is -0.464 e. The van der Waals surface area contributed by atoms with Crippen molar-refractivity contribution in [3.8, 4) is 0 Å². The normalized spacial score (nSPS) is 16.5. The number of piperazine rings is 1. The summed E-state index contributed by atoms with van der Waals surface area (Å²) in [5, 5.41) is 1.81. The van der Waals surface area contributed by atoms with E-state index < -0.39 is 23.6 Å². The molecule has 0 atom stereocenters. The van der Waals surface area contributed by atoms with Gasteiger partial charge in [0.05, 0.1) is 6.42 Å². The number of primary amides is 1. The van der Waals surface area contributed by atoms with Crippen LogP contribution in [0.15, 0.2) is 0 Å². The van der Waals surface area contributed by atoms with Crippen LogP contribution in [-0.2, 0) is 19.1 Å². The molecule has 1 aliphatic rings. The van der Waals surface area contributed by atoms with Crippen molar-refractivity contribution in [3.63, 3.8) is 0 Å². The molecule has 0 radical (unpaired) electrons. The van der Waals surface area contributed by atoms with Crippen molar-refractivity contribution >= 4 is 18.0 Å². The van der Waals surface area contributed by atoms with Gasteiger partial charge in [-0.25, -0.2) is 9.80 Å². The molecule has 1 heterocycles. The third kappa shape index (κ3) is 9.31. The van der Waals surface area contributed by atoms with Crippen LogP contribution in [0.3, 0.4) is 0 Å². The van der Waals surface area contributed by atoms with Crippen molar-refractivity contribution in [2.75, 3.05) is 39.3 Å². The third-order valence-electron chi connectivity index (χ3n) is 3.27. The molecule has 1 aliphatic heterocycles. The van der Waals surface area contributed by atoms with Crippen molar-refractivity contribution in [1.82, 2.24) is 15.3 Å². The zero-order chi connectivity index (χ0) is 18.2. The van der Waals surface area contributed by atoms with Crippen molar-refractivity contribution in [2.45, 2.75) is 39.2 Å². The number of esters is 1. The van der Waals surface area contributed by atoms with Gasteiger partial charge in [-0.3, -0.25) is 19.9 Å². The lowest BCUT2D eigenvalue weighted by Gasteiger charge is -2.34. The molecule has 1 rings (SSSR count). The predicted molar refractivity (Wildman–Crippen MR) is 86.8 cm³/mol. The molecule has 0 saturated carbocycles. The summed E-state index contributed by atoms with van der Waals surface area (Å²) in [6.45, 7) is 9.15. The summed E-state index contributed by atoms with van der Waals surface area (Å²) in [4.78, 5) is 35.7. The second-order valence-electron chi connectivity index (χ2n) is 6.63. The largest absolute Gasteiger partial charge is 0.464 e. The van der Waals surface area contributed by atoms with Crippen LogP contribution in [0.25, 0.3) is 0 Å². The fraction of sp³-hybridized carbons (Fsp3) is 0.800. The van der Waals surface area contributed by atoms with Crippen LogP contribution in [0.4, 0.5) is 4.79 Å². The van der Waals surface area contributed by atoms with Crippen LogP contribution in [0.1, 0.15) is 33.6 Å². The number of carbonyl (C=O) groups excluding carboxylic acids is 3. The van der Waals surface area contributed by atoms with Gasteiger partial charge >= 0.3 is 12.1 Å². The molecular weight excluding hydrogens is 316 g/mol. The standard InChI is InChI=1S/C15H28N4O5/c1-15(2,3)24-14(22)17-19-8-6-18(7-9-19)10-11-23-13(21)5-4-12(16)20/h4-11H2,1-3H3,(H2,16,20)(H,17,22). The van der Waals surface area contributed by atoms with Crippen molar-refractivity contribution in [1.29, 1.82) is 0 Å². The van der Waals surface area contributed by atoms with E-state index >= 15 is 0 Å². The monoisotopic (exact) mass is 344 g/mol. The maximum Gasteiger partial charge on any atom is 0.422 e. The molecule has 0 aromatic rings. The molecule has 9 nitrogen and oxygen atoms in total. The highest BCUT2D eigenvalue weighted by Crippen LogP contribution is 2.07. The summed E-state index contributed by atoms with van der Waals surface area (Å²) in [5.41, 5.74) is 7.16. The van der Waals surface area contributed by atoms with E-state index in [0.717, 1.165) is 13.1 Å². The van der Waals surface area contributed by atoms with Crippen LogP contribution in [0, 0.1) is 0 Å². The summed E-state index contributed by atoms with van der Waals surface area (Å²) in [5.74, 6) is -0.931. The van der Waals surface area contributed by atoms with Crippen LogP contribution < -0.4 is 11.2 Å². The van der Waals surface area contributed by atoms with E-state index in [1.54, 1.807) is 0 Å². The van der Waals surface area contributed by atoms with E-state index in [2.05, 4.69) is 10.3 Å². The molecule has 0 aliphatic carbocycles. The van der Waals surface area contributed by atoms with Crippen LogP contribution in [-0.4, -0.2) is 72.8 Å². The number of nitrogens with two attached hydrogens (primary N) is 1. The van der Waals surface area contributed by atoms with Gasteiger partial charge < -0.3 is 15.2 Å². The Hall–Kier alpha value is -1.87. The second-order valence-corrected chi connectivity index (χ2v) is 6.63. The fourth-order valence-corrected chi connectivity index (χ4v) is 2.10. The van der Waals surface area contributed by atoms with E-state index in [0.29, 0.717) is 19.6 Å². The Balaban J connectivity index is 2.14. The lowest BCUT2D eigenvalue weighted by atomic mass is 10.2. The highest BCUT2D eigenvalue weighted by molar-refractivity contribution is 5.79. The number of ether oxygens (including phenoxy) is 2. The van der Waals surface area contributed by atoms with E-state index in [4.69, 9.17) is 15.2 Å². The number of carbonyl (C=O) groups is 3. The van der Waals surface area contributed by atoms with Crippen molar-refractivity contribution < 1.29 is 23.9 Å². The lowest BCUT2D eigenvalue weighted by Crippen LogP contribution is -2.54. The minimum absolute atomic E-state index is 0.00778. The molecule has 9 heteroatoms. The predicted octanol–water partition coefficient (Wildman–Crippen LogP) is -0.148. The van der Waals surface area contributed by atoms with Gasteiger partial charge in [-0.05, 0) is 20.8 Å². The highest BCUT2D eigenvalue weighted by atomic mass is 16.6. The van der Waals surface area contributed by atoms with Gasteiger partial charge in [-0.2, -0.15) is 0 Å². The zero-order valence-electron chi connectivity index (χ0n) is 14.7. The topological polar surface area (TPSA) is 114 Å². The lowest BCUT2D eigenvalue weighted by molar-refractivity contribution is -0.145. The van der Waals surface area contributed by atoms with Crippen molar-refractivity contribution in [3.05, 3.63) is 0 Å². The number of hydrogen-bond donors (Lipinski definition) is 2. The molecule has 0 unspecified atom stereocenters. The molecule has 138 valence electrons. The molecule has 0 bridgehead atoms. The fourth-order valence-electron chi connectivity index (χ4n) is 2.10. The summed E-state index contributed by atoms with van der Waals surface area (Å²) in [6, 6.07) is 0. The molecule has 1 fully saturated rings. The number of amides is 2. The van der Waals surface area contributed by atoms with Crippen molar-refractivity contribution in [2.24, 2.45) is 5.73 Å². The van der Waals surface area contributed by atoms with Gasteiger partial charge in [0.2, 0.25) is 5.91 Å². The zero-order valence-corrected chi connectivity index (χ0v) is 14.7. The summed E-state index contributed by atoms with van der Waals surface area (Å²) in [6.07, 6.45) is -0.434. The number of hydrogen-bond acceptors (Lipinski definition) is 7. The first-order valence-corrected chi connectivity index (χ1v) is 8.06. The summed E-state index contributed by atoms with van der Waals surface area (Å²) >= 11 is 0. The Kier molecular flexibility index (Phi) is 7.93. The summed E-state index contributed by atoms with van der Waals surface area (Å²) < 4.78 is 10.3.